The highest BCUT2D eigenvalue weighted by atomic mass is 16.5. The van der Waals surface area contributed by atoms with Gasteiger partial charge < -0.3 is 9.84 Å². The summed E-state index contributed by atoms with van der Waals surface area (Å²) in [7, 11) is 0. The molecule has 1 N–H and O–H groups in total. The fraction of sp³-hybridized carbons (Fsp3) is 0.318. The first kappa shape index (κ1) is 19.0. The summed E-state index contributed by atoms with van der Waals surface area (Å²) in [6.45, 7) is 6.29. The van der Waals surface area contributed by atoms with Crippen LogP contribution in [0.25, 0.3) is 0 Å². The van der Waals surface area contributed by atoms with Crippen LogP contribution in [0.15, 0.2) is 59.1 Å². The van der Waals surface area contributed by atoms with Crippen molar-refractivity contribution in [3.05, 3.63) is 77.2 Å². The molecule has 0 spiro atoms. The van der Waals surface area contributed by atoms with Gasteiger partial charge in [0, 0.05) is 11.8 Å². The third-order valence-electron chi connectivity index (χ3n) is 5.30. The van der Waals surface area contributed by atoms with Crippen molar-refractivity contribution in [3.8, 4) is 0 Å². The number of benzene rings is 1. The van der Waals surface area contributed by atoms with Gasteiger partial charge in [-0.2, -0.15) is 5.10 Å². The molecule has 2 aromatic heterocycles. The van der Waals surface area contributed by atoms with Crippen molar-refractivity contribution in [1.29, 1.82) is 0 Å². The fourth-order valence-electron chi connectivity index (χ4n) is 3.65. The maximum Gasteiger partial charge on any atom is 0.255 e. The average Bonchev–Trinajstić information content (AvgIpc) is 3.41. The van der Waals surface area contributed by atoms with Crippen LogP contribution < -0.4 is 10.2 Å². The van der Waals surface area contributed by atoms with Gasteiger partial charge in [0.1, 0.15) is 17.6 Å². The fourth-order valence-corrected chi connectivity index (χ4v) is 3.65. The zero-order valence-electron chi connectivity index (χ0n) is 16.9. The molecule has 7 heteroatoms. The molecule has 29 heavy (non-hydrogen) atoms. The second-order valence-electron chi connectivity index (χ2n) is 7.27. The Kier molecular flexibility index (Phi) is 5.20. The highest BCUT2D eigenvalue weighted by Crippen LogP contribution is 2.26. The van der Waals surface area contributed by atoms with Crippen LogP contribution in [0.1, 0.15) is 35.9 Å². The lowest BCUT2D eigenvalue weighted by molar-refractivity contribution is -0.118. The molecular weight excluding hydrogens is 366 g/mol. The van der Waals surface area contributed by atoms with Gasteiger partial charge in [0.2, 0.25) is 0 Å². The van der Waals surface area contributed by atoms with Crippen LogP contribution in [-0.4, -0.2) is 26.9 Å². The Bertz CT molecular complexity index is 1020. The molecule has 1 amide bonds. The molecule has 0 radical (unpaired) electrons. The molecule has 1 aliphatic rings. The monoisotopic (exact) mass is 391 g/mol. The van der Waals surface area contributed by atoms with Gasteiger partial charge in [-0.3, -0.25) is 14.4 Å². The first-order valence-corrected chi connectivity index (χ1v) is 9.81. The van der Waals surface area contributed by atoms with Gasteiger partial charge in [-0.1, -0.05) is 35.5 Å². The number of nitrogens with zero attached hydrogens (tertiary/aromatic N) is 4. The normalized spacial score (nSPS) is 17.9. The molecule has 0 saturated carbocycles. The Labute approximate surface area is 170 Å². The first-order valence-electron chi connectivity index (χ1n) is 9.81. The smallest absolute Gasteiger partial charge is 0.255 e. The van der Waals surface area contributed by atoms with E-state index in [-0.39, 0.29) is 11.9 Å². The quantitative estimate of drug-likeness (QED) is 0.697. The van der Waals surface area contributed by atoms with E-state index < -0.39 is 0 Å². The Morgan fingerprint density at radius 2 is 2.03 bits per heavy atom. The number of hydrogen-bond acceptors (Lipinski definition) is 5. The lowest BCUT2D eigenvalue weighted by atomic mass is 10.1. The highest BCUT2D eigenvalue weighted by molar-refractivity contribution is 6.02. The third-order valence-corrected chi connectivity index (χ3v) is 5.30. The SMILES string of the molecule is C/C=C1\NC(CCc2ccccc2)C(=O)N1c1cnn(Cc2c(C)noc2C)c1. The highest BCUT2D eigenvalue weighted by Gasteiger charge is 2.36. The molecule has 1 fully saturated rings. The largest absolute Gasteiger partial charge is 0.361 e. The summed E-state index contributed by atoms with van der Waals surface area (Å²) in [4.78, 5) is 14.8. The standard InChI is InChI=1S/C22H25N5O2/c1-4-21-24-20(11-10-17-8-6-5-7-9-17)22(28)27(21)18-12-23-26(13-18)14-19-15(2)25-29-16(19)3/h4-9,12-13,20,24H,10-11,14H2,1-3H3/b21-4+. The van der Waals surface area contributed by atoms with E-state index in [4.69, 9.17) is 4.52 Å². The third kappa shape index (κ3) is 3.81. The lowest BCUT2D eigenvalue weighted by Crippen LogP contribution is -2.30. The van der Waals surface area contributed by atoms with E-state index in [2.05, 4.69) is 27.7 Å². The molecule has 7 nitrogen and oxygen atoms in total. The zero-order chi connectivity index (χ0) is 20.4. The van der Waals surface area contributed by atoms with E-state index in [9.17, 15) is 4.79 Å². The summed E-state index contributed by atoms with van der Waals surface area (Å²) in [6, 6.07) is 9.99. The van der Waals surface area contributed by atoms with Crippen LogP contribution >= 0.6 is 0 Å². The minimum Gasteiger partial charge on any atom is -0.361 e. The number of rotatable bonds is 6. The number of allylic oxidation sites excluding steroid dienone is 1. The Morgan fingerprint density at radius 3 is 2.72 bits per heavy atom. The van der Waals surface area contributed by atoms with Crippen LogP contribution in [0, 0.1) is 13.8 Å². The van der Waals surface area contributed by atoms with E-state index in [1.807, 2.05) is 51.2 Å². The van der Waals surface area contributed by atoms with Gasteiger partial charge in [-0.25, -0.2) is 0 Å². The van der Waals surface area contributed by atoms with E-state index >= 15 is 0 Å². The number of carbonyl (C=O) groups is 1. The predicted molar refractivity (Wildman–Crippen MR) is 110 cm³/mol. The van der Waals surface area contributed by atoms with Crippen LogP contribution in [0.5, 0.6) is 0 Å². The molecule has 0 bridgehead atoms. The number of amides is 1. The van der Waals surface area contributed by atoms with Crippen molar-refractivity contribution >= 4 is 11.6 Å². The summed E-state index contributed by atoms with van der Waals surface area (Å²) in [5, 5.41) is 11.8. The second kappa shape index (κ2) is 7.95. The maximum absolute atomic E-state index is 13.1. The topological polar surface area (TPSA) is 76.2 Å². The number of aryl methyl sites for hydroxylation is 3. The molecular formula is C22H25N5O2. The minimum absolute atomic E-state index is 0.0471. The number of nitrogens with one attached hydrogen (secondary N) is 1. The zero-order valence-corrected chi connectivity index (χ0v) is 16.9. The van der Waals surface area contributed by atoms with Gasteiger partial charge in [0.25, 0.3) is 5.91 Å². The van der Waals surface area contributed by atoms with Crippen LogP contribution in [0.2, 0.25) is 0 Å². The van der Waals surface area contributed by atoms with E-state index in [0.29, 0.717) is 6.54 Å². The number of aromatic nitrogens is 3. The molecule has 1 saturated heterocycles. The summed E-state index contributed by atoms with van der Waals surface area (Å²) in [5.41, 5.74) is 3.85. The van der Waals surface area contributed by atoms with Crippen molar-refractivity contribution in [2.75, 3.05) is 4.90 Å². The molecule has 1 aromatic carbocycles. The second-order valence-corrected chi connectivity index (χ2v) is 7.27. The van der Waals surface area contributed by atoms with Gasteiger partial charge in [-0.15, -0.1) is 0 Å². The number of anilines is 1. The molecule has 4 rings (SSSR count). The Hall–Kier alpha value is -3.35. The summed E-state index contributed by atoms with van der Waals surface area (Å²) in [6.07, 6.45) is 7.12. The molecule has 1 aliphatic heterocycles. The van der Waals surface area contributed by atoms with Gasteiger partial charge in [-0.05, 0) is 45.3 Å². The summed E-state index contributed by atoms with van der Waals surface area (Å²) >= 11 is 0. The average molecular weight is 391 g/mol. The van der Waals surface area contributed by atoms with Crippen molar-refractivity contribution < 1.29 is 9.32 Å². The maximum atomic E-state index is 13.1. The lowest BCUT2D eigenvalue weighted by Gasteiger charge is -2.14. The van der Waals surface area contributed by atoms with E-state index in [1.54, 1.807) is 15.8 Å². The Balaban J connectivity index is 1.49. The minimum atomic E-state index is -0.243. The van der Waals surface area contributed by atoms with Crippen molar-refractivity contribution in [2.24, 2.45) is 0 Å². The van der Waals surface area contributed by atoms with Crippen molar-refractivity contribution in [3.63, 3.8) is 0 Å². The van der Waals surface area contributed by atoms with Gasteiger partial charge in [0.15, 0.2) is 0 Å². The number of carbonyl (C=O) groups excluding carboxylic acids is 1. The molecule has 1 unspecified atom stereocenters. The number of hydrogen-bond donors (Lipinski definition) is 1. The molecule has 3 aromatic rings. The van der Waals surface area contributed by atoms with Crippen molar-refractivity contribution in [1.82, 2.24) is 20.3 Å². The molecule has 150 valence electrons. The van der Waals surface area contributed by atoms with Crippen molar-refractivity contribution in [2.45, 2.75) is 46.2 Å². The predicted octanol–water partition coefficient (Wildman–Crippen LogP) is 3.34. The van der Waals surface area contributed by atoms with Crippen LogP contribution in [0.3, 0.4) is 0 Å². The molecule has 3 heterocycles. The van der Waals surface area contributed by atoms with Gasteiger partial charge in [0.05, 0.1) is 24.1 Å². The van der Waals surface area contributed by atoms with E-state index in [1.165, 1.54) is 5.56 Å². The Morgan fingerprint density at radius 1 is 1.24 bits per heavy atom. The summed E-state index contributed by atoms with van der Waals surface area (Å²) < 4.78 is 7.03. The van der Waals surface area contributed by atoms with E-state index in [0.717, 1.165) is 41.4 Å². The first-order chi connectivity index (χ1) is 14.1. The summed E-state index contributed by atoms with van der Waals surface area (Å²) in [5.74, 6) is 1.63. The van der Waals surface area contributed by atoms with Crippen LogP contribution in [-0.2, 0) is 17.8 Å². The molecule has 1 atom stereocenters. The van der Waals surface area contributed by atoms with Gasteiger partial charge >= 0.3 is 0 Å². The molecule has 0 aliphatic carbocycles. The van der Waals surface area contributed by atoms with Crippen LogP contribution in [0.4, 0.5) is 5.69 Å².